The van der Waals surface area contributed by atoms with Gasteiger partial charge in [0.25, 0.3) is 0 Å². The first-order valence-electron chi connectivity index (χ1n) is 7.66. The van der Waals surface area contributed by atoms with E-state index in [0.29, 0.717) is 11.6 Å². The van der Waals surface area contributed by atoms with E-state index in [2.05, 4.69) is 0 Å². The molecule has 0 aromatic heterocycles. The van der Waals surface area contributed by atoms with Crippen molar-refractivity contribution >= 4 is 23.8 Å². The lowest BCUT2D eigenvalue weighted by atomic mass is 9.63. The van der Waals surface area contributed by atoms with Gasteiger partial charge in [-0.05, 0) is 43.4 Å². The van der Waals surface area contributed by atoms with Crippen molar-refractivity contribution in [2.45, 2.75) is 37.5 Å². The number of amides is 1. The van der Waals surface area contributed by atoms with Crippen LogP contribution in [-0.4, -0.2) is 30.2 Å². The molecule has 0 spiro atoms. The molecule has 1 saturated carbocycles. The van der Waals surface area contributed by atoms with Crippen molar-refractivity contribution in [3.63, 3.8) is 0 Å². The zero-order valence-corrected chi connectivity index (χ0v) is 12.8. The summed E-state index contributed by atoms with van der Waals surface area (Å²) in [6.07, 6.45) is 5.70. The van der Waals surface area contributed by atoms with Crippen LogP contribution in [-0.2, 0) is 15.0 Å². The summed E-state index contributed by atoms with van der Waals surface area (Å²) >= 11 is 5.95. The summed E-state index contributed by atoms with van der Waals surface area (Å²) in [4.78, 5) is 25.9. The Bertz CT molecular complexity index is 536. The number of carbonyl (C=O) groups excluding carboxylic acids is 2. The largest absolute Gasteiger partial charge is 0.341 e. The Morgan fingerprint density at radius 2 is 1.95 bits per heavy atom. The maximum absolute atomic E-state index is 13.0. The molecule has 1 aliphatic carbocycles. The lowest BCUT2D eigenvalue weighted by Gasteiger charge is -2.45. The molecule has 1 aromatic carbocycles. The number of likely N-dealkylation sites (tertiary alicyclic amines) is 1. The van der Waals surface area contributed by atoms with Gasteiger partial charge in [0.2, 0.25) is 5.91 Å². The molecule has 21 heavy (non-hydrogen) atoms. The summed E-state index contributed by atoms with van der Waals surface area (Å²) in [7, 11) is 0. The average molecular weight is 306 g/mol. The minimum atomic E-state index is -0.380. The number of halogens is 1. The average Bonchev–Trinajstić information content (AvgIpc) is 2.48. The van der Waals surface area contributed by atoms with Crippen LogP contribution in [0.3, 0.4) is 0 Å². The van der Waals surface area contributed by atoms with Crippen LogP contribution in [0.2, 0.25) is 5.02 Å². The van der Waals surface area contributed by atoms with Gasteiger partial charge in [-0.25, -0.2) is 0 Å². The molecular weight excluding hydrogens is 286 g/mol. The van der Waals surface area contributed by atoms with Gasteiger partial charge in [0, 0.05) is 24.0 Å². The maximum atomic E-state index is 13.0. The molecule has 4 heteroatoms. The van der Waals surface area contributed by atoms with Crippen LogP contribution < -0.4 is 0 Å². The fourth-order valence-corrected chi connectivity index (χ4v) is 3.66. The molecular formula is C17H20ClNO2. The first kappa shape index (κ1) is 14.6. The molecule has 3 rings (SSSR count). The monoisotopic (exact) mass is 305 g/mol. The normalized spacial score (nSPS) is 24.2. The molecule has 0 radical (unpaired) electrons. The third kappa shape index (κ3) is 2.59. The highest BCUT2D eigenvalue weighted by atomic mass is 35.5. The van der Waals surface area contributed by atoms with Crippen molar-refractivity contribution in [1.29, 1.82) is 0 Å². The molecule has 2 aliphatic rings. The van der Waals surface area contributed by atoms with Crippen LogP contribution in [0, 0.1) is 5.92 Å². The maximum Gasteiger partial charge on any atom is 0.233 e. The second-order valence-corrected chi connectivity index (χ2v) is 6.67. The van der Waals surface area contributed by atoms with E-state index in [4.69, 9.17) is 11.6 Å². The fraction of sp³-hybridized carbons (Fsp3) is 0.529. The third-order valence-corrected chi connectivity index (χ3v) is 5.20. The molecule has 1 unspecified atom stereocenters. The lowest BCUT2D eigenvalue weighted by molar-refractivity contribution is -0.143. The number of benzene rings is 1. The first-order chi connectivity index (χ1) is 10.2. The molecule has 1 saturated heterocycles. The molecule has 1 amide bonds. The van der Waals surface area contributed by atoms with E-state index in [-0.39, 0.29) is 17.2 Å². The van der Waals surface area contributed by atoms with E-state index in [0.717, 1.165) is 50.5 Å². The van der Waals surface area contributed by atoms with E-state index >= 15 is 0 Å². The van der Waals surface area contributed by atoms with Gasteiger partial charge in [-0.1, -0.05) is 30.2 Å². The van der Waals surface area contributed by atoms with Gasteiger partial charge in [0.1, 0.15) is 6.29 Å². The molecule has 112 valence electrons. The van der Waals surface area contributed by atoms with E-state index in [1.54, 1.807) is 0 Å². The Labute approximate surface area is 130 Å². The highest BCUT2D eigenvalue weighted by Crippen LogP contribution is 2.45. The van der Waals surface area contributed by atoms with E-state index in [9.17, 15) is 9.59 Å². The van der Waals surface area contributed by atoms with E-state index in [1.165, 1.54) is 0 Å². The van der Waals surface area contributed by atoms with Gasteiger partial charge in [-0.2, -0.15) is 0 Å². The number of hydrogen-bond acceptors (Lipinski definition) is 2. The summed E-state index contributed by atoms with van der Waals surface area (Å²) < 4.78 is 0. The Morgan fingerprint density at radius 3 is 2.52 bits per heavy atom. The van der Waals surface area contributed by atoms with Gasteiger partial charge in [-0.3, -0.25) is 4.79 Å². The zero-order chi connectivity index (χ0) is 14.9. The Balaban J connectivity index is 1.83. The van der Waals surface area contributed by atoms with E-state index in [1.807, 2.05) is 29.2 Å². The molecule has 0 bridgehead atoms. The molecule has 0 N–H and O–H groups in total. The predicted octanol–water partition coefficient (Wildman–Crippen LogP) is 3.20. The van der Waals surface area contributed by atoms with Crippen LogP contribution in [0.5, 0.6) is 0 Å². The van der Waals surface area contributed by atoms with Gasteiger partial charge in [0.15, 0.2) is 0 Å². The van der Waals surface area contributed by atoms with Gasteiger partial charge < -0.3 is 9.69 Å². The van der Waals surface area contributed by atoms with Crippen molar-refractivity contribution in [3.8, 4) is 0 Å². The van der Waals surface area contributed by atoms with Crippen LogP contribution >= 0.6 is 11.6 Å². The molecule has 1 aromatic rings. The van der Waals surface area contributed by atoms with Gasteiger partial charge >= 0.3 is 0 Å². The molecule has 1 atom stereocenters. The zero-order valence-electron chi connectivity index (χ0n) is 12.1. The third-order valence-electron chi connectivity index (χ3n) is 4.95. The van der Waals surface area contributed by atoms with Crippen molar-refractivity contribution in [3.05, 3.63) is 34.9 Å². The molecule has 1 heterocycles. The predicted molar refractivity (Wildman–Crippen MR) is 82.3 cm³/mol. The lowest BCUT2D eigenvalue weighted by Crippen LogP contribution is -2.53. The first-order valence-corrected chi connectivity index (χ1v) is 8.04. The summed E-state index contributed by atoms with van der Waals surface area (Å²) in [5.74, 6) is 0.202. The van der Waals surface area contributed by atoms with Gasteiger partial charge in [0.05, 0.1) is 5.41 Å². The topological polar surface area (TPSA) is 37.4 Å². The van der Waals surface area contributed by atoms with Gasteiger partial charge in [-0.15, -0.1) is 0 Å². The Morgan fingerprint density at radius 1 is 1.24 bits per heavy atom. The SMILES string of the molecule is O=CC1CCCN(C(=O)C2(c3ccc(Cl)cc3)CCC2)C1. The number of aldehydes is 1. The van der Waals surface area contributed by atoms with Crippen LogP contribution in [0.15, 0.2) is 24.3 Å². The summed E-state index contributed by atoms with van der Waals surface area (Å²) in [5, 5.41) is 0.694. The van der Waals surface area contributed by atoms with Crippen LogP contribution in [0.1, 0.15) is 37.7 Å². The molecule has 1 aliphatic heterocycles. The standard InChI is InChI=1S/C17H20ClNO2/c18-15-6-4-14(5-7-15)17(8-2-9-17)16(21)19-10-1-3-13(11-19)12-20/h4-7,12-13H,1-3,8-11H2. The van der Waals surface area contributed by atoms with Crippen molar-refractivity contribution in [2.24, 2.45) is 5.92 Å². The summed E-state index contributed by atoms with van der Waals surface area (Å²) in [6, 6.07) is 7.66. The quantitative estimate of drug-likeness (QED) is 0.804. The number of hydrogen-bond donors (Lipinski definition) is 0. The minimum Gasteiger partial charge on any atom is -0.341 e. The number of nitrogens with zero attached hydrogens (tertiary/aromatic N) is 1. The molecule has 3 nitrogen and oxygen atoms in total. The fourth-order valence-electron chi connectivity index (χ4n) is 3.53. The highest BCUT2D eigenvalue weighted by Gasteiger charge is 2.48. The van der Waals surface area contributed by atoms with Crippen molar-refractivity contribution < 1.29 is 9.59 Å². The Hall–Kier alpha value is -1.35. The summed E-state index contributed by atoms with van der Waals surface area (Å²) in [6.45, 7) is 1.36. The second-order valence-electron chi connectivity index (χ2n) is 6.23. The van der Waals surface area contributed by atoms with Crippen LogP contribution in [0.25, 0.3) is 0 Å². The van der Waals surface area contributed by atoms with Crippen LogP contribution in [0.4, 0.5) is 0 Å². The van der Waals surface area contributed by atoms with Crippen molar-refractivity contribution in [2.75, 3.05) is 13.1 Å². The highest BCUT2D eigenvalue weighted by molar-refractivity contribution is 6.30. The van der Waals surface area contributed by atoms with E-state index < -0.39 is 0 Å². The number of rotatable bonds is 3. The Kier molecular flexibility index (Phi) is 4.03. The smallest absolute Gasteiger partial charge is 0.233 e. The molecule has 2 fully saturated rings. The second kappa shape index (κ2) is 5.80. The number of piperidine rings is 1. The summed E-state index contributed by atoms with van der Waals surface area (Å²) in [5.41, 5.74) is 0.686. The minimum absolute atomic E-state index is 0.00467. The van der Waals surface area contributed by atoms with Crippen molar-refractivity contribution in [1.82, 2.24) is 4.90 Å². The number of carbonyl (C=O) groups is 2.